The predicted octanol–water partition coefficient (Wildman–Crippen LogP) is 4.63. The zero-order valence-electron chi connectivity index (χ0n) is 16.9. The second kappa shape index (κ2) is 12.3. The Bertz CT molecular complexity index is 618. The number of thioether (sulfide) groups is 1. The average molecular weight is 449 g/mol. The first-order chi connectivity index (χ1) is 12.6. The molecule has 1 heterocycles. The van der Waals surface area contributed by atoms with E-state index in [9.17, 15) is 4.79 Å². The van der Waals surface area contributed by atoms with Gasteiger partial charge in [-0.1, -0.05) is 31.4 Å². The molecule has 28 heavy (non-hydrogen) atoms. The molecule has 0 aromatic heterocycles. The Hall–Kier alpha value is -0.460. The lowest BCUT2D eigenvalue weighted by Crippen LogP contribution is -2.36. The fraction of sp³-hybridized carbons (Fsp3) is 0.667. The van der Waals surface area contributed by atoms with Gasteiger partial charge in [-0.05, 0) is 48.9 Å². The van der Waals surface area contributed by atoms with Gasteiger partial charge in [0.05, 0.1) is 0 Å². The molecule has 1 saturated carbocycles. The second-order valence-corrected chi connectivity index (χ2v) is 9.25. The summed E-state index contributed by atoms with van der Waals surface area (Å²) < 4.78 is 0. The molecule has 4 nitrogen and oxygen atoms in total. The van der Waals surface area contributed by atoms with Gasteiger partial charge < -0.3 is 11.1 Å². The number of nitrogens with two attached hydrogens (primary N) is 1. The van der Waals surface area contributed by atoms with Crippen LogP contribution in [-0.2, 0) is 11.3 Å². The number of anilines is 1. The maximum Gasteiger partial charge on any atom is 0.224 e. The fourth-order valence-corrected chi connectivity index (χ4v) is 5.19. The third-order valence-electron chi connectivity index (χ3n) is 5.97. The number of rotatable bonds is 6. The van der Waals surface area contributed by atoms with E-state index in [2.05, 4.69) is 35.3 Å². The Morgan fingerprint density at radius 1 is 1.18 bits per heavy atom. The zero-order valence-corrected chi connectivity index (χ0v) is 19.3. The lowest BCUT2D eigenvalue weighted by atomic mass is 9.71. The minimum atomic E-state index is 0. The van der Waals surface area contributed by atoms with E-state index in [0.29, 0.717) is 13.0 Å². The monoisotopic (exact) mass is 447 g/mol. The van der Waals surface area contributed by atoms with Crippen molar-refractivity contribution in [3.8, 4) is 0 Å². The summed E-state index contributed by atoms with van der Waals surface area (Å²) in [4.78, 5) is 15.2. The van der Waals surface area contributed by atoms with E-state index >= 15 is 0 Å². The molecule has 0 atom stereocenters. The van der Waals surface area contributed by atoms with Gasteiger partial charge in [0.2, 0.25) is 5.91 Å². The van der Waals surface area contributed by atoms with E-state index in [1.807, 2.05) is 11.8 Å². The van der Waals surface area contributed by atoms with Crippen molar-refractivity contribution in [2.45, 2.75) is 52.0 Å². The summed E-state index contributed by atoms with van der Waals surface area (Å²) in [5, 5.41) is 3.18. The highest BCUT2D eigenvalue weighted by Crippen LogP contribution is 2.38. The lowest BCUT2D eigenvalue weighted by Gasteiger charge is -2.35. The second-order valence-electron chi connectivity index (χ2n) is 8.03. The van der Waals surface area contributed by atoms with Gasteiger partial charge in [0.25, 0.3) is 0 Å². The summed E-state index contributed by atoms with van der Waals surface area (Å²) in [6.07, 6.45) is 6.40. The van der Waals surface area contributed by atoms with Gasteiger partial charge in [0.1, 0.15) is 0 Å². The summed E-state index contributed by atoms with van der Waals surface area (Å²) in [6.45, 7) is 5.96. The number of hydrogen-bond acceptors (Lipinski definition) is 4. The number of hydrogen-bond donors (Lipinski definition) is 2. The van der Waals surface area contributed by atoms with Crippen molar-refractivity contribution in [1.29, 1.82) is 0 Å². The van der Waals surface area contributed by atoms with E-state index in [1.54, 1.807) is 0 Å². The molecule has 1 amide bonds. The summed E-state index contributed by atoms with van der Waals surface area (Å²) in [6, 6.07) is 6.48. The van der Waals surface area contributed by atoms with Crippen molar-refractivity contribution < 1.29 is 4.79 Å². The number of carbonyl (C=O) groups is 1. The molecule has 0 radical (unpaired) electrons. The highest BCUT2D eigenvalue weighted by Gasteiger charge is 2.33. The summed E-state index contributed by atoms with van der Waals surface area (Å²) in [5.41, 5.74) is 9.43. The SMILES string of the molecule is Cc1ccc(CN2CCSCC2)cc1NC(=O)CC1(CN)CCCCC1.Cl.Cl. The van der Waals surface area contributed by atoms with E-state index in [1.165, 1.54) is 36.3 Å². The molecule has 160 valence electrons. The van der Waals surface area contributed by atoms with Gasteiger partial charge in [-0.3, -0.25) is 9.69 Å². The molecular formula is C21H35Cl2N3OS. The number of halogens is 2. The molecule has 1 aliphatic heterocycles. The smallest absolute Gasteiger partial charge is 0.224 e. The molecule has 1 saturated heterocycles. The maximum absolute atomic E-state index is 12.7. The van der Waals surface area contributed by atoms with Crippen molar-refractivity contribution in [3.05, 3.63) is 29.3 Å². The van der Waals surface area contributed by atoms with Crippen LogP contribution in [0.5, 0.6) is 0 Å². The van der Waals surface area contributed by atoms with E-state index in [-0.39, 0.29) is 36.1 Å². The van der Waals surface area contributed by atoms with E-state index < -0.39 is 0 Å². The van der Waals surface area contributed by atoms with Gasteiger partial charge in [-0.2, -0.15) is 11.8 Å². The van der Waals surface area contributed by atoms with Gasteiger partial charge in [-0.25, -0.2) is 0 Å². The van der Waals surface area contributed by atoms with Crippen LogP contribution in [0.15, 0.2) is 18.2 Å². The first-order valence-electron chi connectivity index (χ1n) is 10.00. The van der Waals surface area contributed by atoms with Gasteiger partial charge >= 0.3 is 0 Å². The topological polar surface area (TPSA) is 58.4 Å². The molecule has 7 heteroatoms. The Morgan fingerprint density at radius 3 is 2.50 bits per heavy atom. The maximum atomic E-state index is 12.7. The molecule has 2 fully saturated rings. The molecule has 2 aliphatic rings. The first kappa shape index (κ1) is 25.6. The normalized spacial score (nSPS) is 19.2. The van der Waals surface area contributed by atoms with Crippen LogP contribution in [0, 0.1) is 12.3 Å². The van der Waals surface area contributed by atoms with Crippen LogP contribution in [0.1, 0.15) is 49.7 Å². The van der Waals surface area contributed by atoms with Gasteiger partial charge in [-0.15, -0.1) is 24.8 Å². The number of nitrogens with zero attached hydrogens (tertiary/aromatic N) is 1. The van der Waals surface area contributed by atoms with Crippen molar-refractivity contribution in [3.63, 3.8) is 0 Å². The largest absolute Gasteiger partial charge is 0.330 e. The van der Waals surface area contributed by atoms with Gasteiger partial charge in [0, 0.05) is 43.2 Å². The van der Waals surface area contributed by atoms with Crippen LogP contribution in [0.4, 0.5) is 5.69 Å². The lowest BCUT2D eigenvalue weighted by molar-refractivity contribution is -0.118. The highest BCUT2D eigenvalue weighted by molar-refractivity contribution is 7.99. The summed E-state index contributed by atoms with van der Waals surface area (Å²) in [7, 11) is 0. The molecule has 1 aromatic carbocycles. The van der Waals surface area contributed by atoms with Crippen molar-refractivity contribution in [2.75, 3.05) is 36.5 Å². The van der Waals surface area contributed by atoms with E-state index in [4.69, 9.17) is 5.73 Å². The Labute approximate surface area is 186 Å². The quantitative estimate of drug-likeness (QED) is 0.667. The third kappa shape index (κ3) is 7.10. The standard InChI is InChI=1S/C21H33N3OS.2ClH/c1-17-5-6-18(15-24-9-11-26-12-10-24)13-19(17)23-20(25)14-21(16-22)7-3-2-4-8-21;;/h5-6,13H,2-4,7-12,14-16,22H2,1H3,(H,23,25);2*1H. The number of nitrogens with one attached hydrogen (secondary N) is 1. The Morgan fingerprint density at radius 2 is 1.86 bits per heavy atom. The highest BCUT2D eigenvalue weighted by atomic mass is 35.5. The molecular weight excluding hydrogens is 413 g/mol. The number of amides is 1. The predicted molar refractivity (Wildman–Crippen MR) is 126 cm³/mol. The van der Waals surface area contributed by atoms with Crippen molar-refractivity contribution >= 4 is 48.2 Å². The Balaban J connectivity index is 0.00000196. The summed E-state index contributed by atoms with van der Waals surface area (Å²) in [5.74, 6) is 2.56. The minimum absolute atomic E-state index is 0. The van der Waals surface area contributed by atoms with Crippen LogP contribution < -0.4 is 11.1 Å². The van der Waals surface area contributed by atoms with Gasteiger partial charge in [0.15, 0.2) is 0 Å². The molecule has 3 N–H and O–H groups in total. The first-order valence-corrected chi connectivity index (χ1v) is 11.2. The molecule has 0 spiro atoms. The van der Waals surface area contributed by atoms with Crippen molar-refractivity contribution in [2.24, 2.45) is 11.1 Å². The fourth-order valence-electron chi connectivity index (χ4n) is 4.21. The van der Waals surface area contributed by atoms with Crippen LogP contribution >= 0.6 is 36.6 Å². The number of benzene rings is 1. The van der Waals surface area contributed by atoms with Crippen molar-refractivity contribution in [1.82, 2.24) is 4.90 Å². The van der Waals surface area contributed by atoms with Crippen LogP contribution in [0.25, 0.3) is 0 Å². The zero-order chi connectivity index (χ0) is 18.4. The third-order valence-corrected chi connectivity index (χ3v) is 6.91. The van der Waals surface area contributed by atoms with Crippen LogP contribution in [0.3, 0.4) is 0 Å². The molecule has 3 rings (SSSR count). The molecule has 0 bridgehead atoms. The summed E-state index contributed by atoms with van der Waals surface area (Å²) >= 11 is 2.03. The Kier molecular flexibility index (Phi) is 11.2. The van der Waals surface area contributed by atoms with Crippen LogP contribution in [-0.4, -0.2) is 41.9 Å². The number of aryl methyl sites for hydroxylation is 1. The molecule has 0 unspecified atom stereocenters. The molecule has 1 aliphatic carbocycles. The number of carbonyl (C=O) groups excluding carboxylic acids is 1. The van der Waals surface area contributed by atoms with E-state index in [0.717, 1.165) is 43.7 Å². The minimum Gasteiger partial charge on any atom is -0.330 e. The average Bonchev–Trinajstić information content (AvgIpc) is 2.66. The van der Waals surface area contributed by atoms with Crippen LogP contribution in [0.2, 0.25) is 0 Å². The molecule has 1 aromatic rings.